The van der Waals surface area contributed by atoms with Gasteiger partial charge in [0.05, 0.1) is 0 Å². The molecule has 1 unspecified atom stereocenters. The Hall–Kier alpha value is -1.77. The third-order valence-electron chi connectivity index (χ3n) is 4.34. The van der Waals surface area contributed by atoms with Crippen LogP contribution in [0.15, 0.2) is 11.4 Å². The molecule has 2 bridgehead atoms. The number of aliphatic carboxylic acids is 1. The summed E-state index contributed by atoms with van der Waals surface area (Å²) in [4.78, 5) is 24.3. The molecular formula is C14H15F3N2O3S. The van der Waals surface area contributed by atoms with Crippen LogP contribution in [-0.4, -0.2) is 40.6 Å². The molecule has 9 heteroatoms. The van der Waals surface area contributed by atoms with Crippen molar-refractivity contribution in [3.05, 3.63) is 21.9 Å². The molecule has 1 aromatic heterocycles. The molecule has 2 aliphatic heterocycles. The zero-order valence-electron chi connectivity index (χ0n) is 12.0. The number of carbonyl (C=O) groups excluding carboxylic acids is 1. The summed E-state index contributed by atoms with van der Waals surface area (Å²) < 4.78 is 37.7. The lowest BCUT2D eigenvalue weighted by atomic mass is 9.86. The topological polar surface area (TPSA) is 69.6 Å². The zero-order valence-corrected chi connectivity index (χ0v) is 12.8. The lowest BCUT2D eigenvalue weighted by Gasteiger charge is -2.27. The van der Waals surface area contributed by atoms with Gasteiger partial charge in [-0.15, -0.1) is 11.3 Å². The van der Waals surface area contributed by atoms with Gasteiger partial charge in [0, 0.05) is 19.0 Å². The Morgan fingerprint density at radius 1 is 1.43 bits per heavy atom. The molecule has 3 fully saturated rings. The second kappa shape index (κ2) is 5.70. The number of nitrogens with zero attached hydrogens (tertiary/aromatic N) is 1. The van der Waals surface area contributed by atoms with E-state index < -0.39 is 29.1 Å². The van der Waals surface area contributed by atoms with Crippen LogP contribution in [0, 0.1) is 5.92 Å². The number of alkyl halides is 3. The van der Waals surface area contributed by atoms with Crippen molar-refractivity contribution in [3.63, 3.8) is 0 Å². The number of hydrogen-bond donors (Lipinski definition) is 2. The number of rotatable bonds is 4. The van der Waals surface area contributed by atoms with Gasteiger partial charge in [0.15, 0.2) is 0 Å². The Morgan fingerprint density at radius 3 is 2.61 bits per heavy atom. The maximum absolute atomic E-state index is 12.6. The molecule has 3 heterocycles. The maximum atomic E-state index is 12.6. The van der Waals surface area contributed by atoms with Crippen molar-refractivity contribution in [1.29, 1.82) is 0 Å². The summed E-state index contributed by atoms with van der Waals surface area (Å²) in [6, 6.07) is -0.586. The summed E-state index contributed by atoms with van der Waals surface area (Å²) in [6.45, 7) is 0.625. The first-order chi connectivity index (χ1) is 10.7. The molecule has 2 amide bonds. The predicted molar refractivity (Wildman–Crippen MR) is 76.2 cm³/mol. The van der Waals surface area contributed by atoms with Crippen LogP contribution >= 0.6 is 11.3 Å². The van der Waals surface area contributed by atoms with E-state index in [1.165, 1.54) is 5.38 Å². The van der Waals surface area contributed by atoms with Gasteiger partial charge in [-0.3, -0.25) is 0 Å². The Labute approximate surface area is 134 Å². The molecule has 4 rings (SSSR count). The molecule has 5 nitrogen and oxygen atoms in total. The fourth-order valence-corrected chi connectivity index (χ4v) is 3.87. The molecule has 1 aromatic rings. The van der Waals surface area contributed by atoms with Gasteiger partial charge in [-0.05, 0) is 35.8 Å². The molecule has 2 saturated heterocycles. The first-order valence-electron chi connectivity index (χ1n) is 7.18. The van der Waals surface area contributed by atoms with Gasteiger partial charge in [0.1, 0.15) is 10.9 Å². The average Bonchev–Trinajstić information content (AvgIpc) is 3.10. The number of fused-ring (bicyclic) bond motifs is 1. The number of amides is 2. The monoisotopic (exact) mass is 348 g/mol. The molecule has 2 N–H and O–H groups in total. The van der Waals surface area contributed by atoms with Gasteiger partial charge >= 0.3 is 18.2 Å². The zero-order chi connectivity index (χ0) is 16.8. The third kappa shape index (κ3) is 3.29. The predicted octanol–water partition coefficient (Wildman–Crippen LogP) is 2.57. The molecule has 3 aliphatic rings. The van der Waals surface area contributed by atoms with Gasteiger partial charge in [0.2, 0.25) is 0 Å². The van der Waals surface area contributed by atoms with Crippen LogP contribution in [0.4, 0.5) is 18.0 Å². The molecular weight excluding hydrogens is 333 g/mol. The van der Waals surface area contributed by atoms with Crippen LogP contribution < -0.4 is 5.32 Å². The lowest BCUT2D eigenvalue weighted by Crippen LogP contribution is -2.49. The highest BCUT2D eigenvalue weighted by molar-refractivity contribution is 7.10. The summed E-state index contributed by atoms with van der Waals surface area (Å²) in [7, 11) is 0. The van der Waals surface area contributed by atoms with E-state index in [-0.39, 0.29) is 18.0 Å². The number of carboxylic acids is 1. The summed E-state index contributed by atoms with van der Waals surface area (Å²) in [6.07, 6.45) is -2.72. The Morgan fingerprint density at radius 2 is 2.13 bits per heavy atom. The van der Waals surface area contributed by atoms with E-state index in [2.05, 4.69) is 5.32 Å². The van der Waals surface area contributed by atoms with Crippen LogP contribution in [0.2, 0.25) is 0 Å². The first-order valence-corrected chi connectivity index (χ1v) is 8.06. The van der Waals surface area contributed by atoms with Crippen molar-refractivity contribution in [1.82, 2.24) is 10.2 Å². The number of thiophene rings is 1. The number of hydrogen-bond acceptors (Lipinski definition) is 3. The van der Waals surface area contributed by atoms with Crippen molar-refractivity contribution >= 4 is 23.3 Å². The molecule has 126 valence electrons. The molecule has 0 aromatic carbocycles. The molecule has 0 radical (unpaired) electrons. The van der Waals surface area contributed by atoms with Gasteiger partial charge in [-0.1, -0.05) is 0 Å². The number of urea groups is 1. The minimum absolute atomic E-state index is 0.171. The van der Waals surface area contributed by atoms with E-state index in [0.29, 0.717) is 23.8 Å². The Kier molecular flexibility index (Phi) is 3.99. The van der Waals surface area contributed by atoms with E-state index >= 15 is 0 Å². The molecule has 1 atom stereocenters. The van der Waals surface area contributed by atoms with Crippen LogP contribution in [0.5, 0.6) is 0 Å². The van der Waals surface area contributed by atoms with Crippen molar-refractivity contribution < 1.29 is 27.9 Å². The van der Waals surface area contributed by atoms with E-state index in [1.807, 2.05) is 0 Å². The minimum Gasteiger partial charge on any atom is -0.480 e. The van der Waals surface area contributed by atoms with E-state index in [0.717, 1.165) is 18.9 Å². The smallest absolute Gasteiger partial charge is 0.425 e. The van der Waals surface area contributed by atoms with Crippen LogP contribution in [0.25, 0.3) is 0 Å². The van der Waals surface area contributed by atoms with E-state index in [9.17, 15) is 27.9 Å². The fourth-order valence-electron chi connectivity index (χ4n) is 3.08. The Balaban J connectivity index is 1.63. The number of carboxylic acid groups (broad SMARTS) is 1. The van der Waals surface area contributed by atoms with Crippen molar-refractivity contribution in [3.8, 4) is 0 Å². The fraction of sp³-hybridized carbons (Fsp3) is 0.571. The molecule has 23 heavy (non-hydrogen) atoms. The maximum Gasteiger partial charge on any atom is 0.425 e. The van der Waals surface area contributed by atoms with Gasteiger partial charge in [-0.25, -0.2) is 9.59 Å². The highest BCUT2D eigenvalue weighted by Gasteiger charge is 2.45. The van der Waals surface area contributed by atoms with Crippen molar-refractivity contribution in [2.24, 2.45) is 5.92 Å². The molecule has 1 aliphatic carbocycles. The van der Waals surface area contributed by atoms with Crippen LogP contribution in [-0.2, 0) is 17.4 Å². The van der Waals surface area contributed by atoms with Crippen molar-refractivity contribution in [2.45, 2.75) is 37.5 Å². The SMILES string of the molecule is O=C(O)C(Cc1csc(C(F)(F)F)c1)NC(=O)N1CC2CC1C2. The highest BCUT2D eigenvalue weighted by Crippen LogP contribution is 2.40. The third-order valence-corrected chi connectivity index (χ3v) is 5.36. The van der Waals surface area contributed by atoms with Gasteiger partial charge in [-0.2, -0.15) is 13.2 Å². The summed E-state index contributed by atoms with van der Waals surface area (Å²) in [5, 5.41) is 12.9. The largest absolute Gasteiger partial charge is 0.480 e. The van der Waals surface area contributed by atoms with Gasteiger partial charge in [0.25, 0.3) is 0 Å². The quantitative estimate of drug-likeness (QED) is 0.879. The van der Waals surface area contributed by atoms with Crippen molar-refractivity contribution in [2.75, 3.05) is 6.54 Å². The first kappa shape index (κ1) is 16.1. The summed E-state index contributed by atoms with van der Waals surface area (Å²) in [5.74, 6) is -0.759. The average molecular weight is 348 g/mol. The Bertz CT molecular complexity index is 625. The number of nitrogens with one attached hydrogen (secondary N) is 1. The van der Waals surface area contributed by atoms with Crippen LogP contribution in [0.3, 0.4) is 0 Å². The molecule has 1 saturated carbocycles. The normalized spacial score (nSPS) is 24.2. The standard InChI is InChI=1S/C14H15F3N2O3S/c15-14(16,17)11-4-8(6-23-11)3-10(12(20)21)18-13(22)19-5-7-1-9(19)2-7/h4,6-7,9-10H,1-3,5H2,(H,18,22)(H,20,21). The van der Waals surface area contributed by atoms with Crippen LogP contribution in [0.1, 0.15) is 23.3 Å². The van der Waals surface area contributed by atoms with Gasteiger partial charge < -0.3 is 15.3 Å². The highest BCUT2D eigenvalue weighted by atomic mass is 32.1. The number of carbonyl (C=O) groups is 2. The number of halogens is 3. The lowest BCUT2D eigenvalue weighted by molar-refractivity contribution is -0.139. The minimum atomic E-state index is -4.44. The molecule has 0 spiro atoms. The second-order valence-electron chi connectivity index (χ2n) is 6.01. The van der Waals surface area contributed by atoms with E-state index in [1.54, 1.807) is 4.90 Å². The summed E-state index contributed by atoms with van der Waals surface area (Å²) >= 11 is 0.520. The van der Waals surface area contributed by atoms with E-state index in [4.69, 9.17) is 0 Å². The summed E-state index contributed by atoms with van der Waals surface area (Å²) in [5.41, 5.74) is 0.251. The second-order valence-corrected chi connectivity index (χ2v) is 6.92.